The highest BCUT2D eigenvalue weighted by Gasteiger charge is 2.05. The first kappa shape index (κ1) is 11.3. The Morgan fingerprint density at radius 1 is 1.12 bits per heavy atom. The Bertz CT molecular complexity index is 485. The van der Waals surface area contributed by atoms with Gasteiger partial charge in [-0.15, -0.1) is 0 Å². The van der Waals surface area contributed by atoms with Crippen LogP contribution < -0.4 is 9.47 Å². The summed E-state index contributed by atoms with van der Waals surface area (Å²) in [6, 6.07) is 7.27. The predicted molar refractivity (Wildman–Crippen MR) is 61.0 cm³/mol. The number of rotatable bonds is 4. The van der Waals surface area contributed by atoms with Gasteiger partial charge in [-0.25, -0.2) is 4.98 Å². The fourth-order valence-electron chi connectivity index (χ4n) is 1.29. The van der Waals surface area contributed by atoms with Gasteiger partial charge >= 0.3 is 0 Å². The lowest BCUT2D eigenvalue weighted by Crippen LogP contribution is -1.95. The number of methoxy groups -OCH3 is 1. The van der Waals surface area contributed by atoms with Crippen molar-refractivity contribution in [2.45, 2.75) is 6.61 Å². The Labute approximate surface area is 98.7 Å². The van der Waals surface area contributed by atoms with Crippen molar-refractivity contribution in [3.05, 3.63) is 42.4 Å². The van der Waals surface area contributed by atoms with Crippen LogP contribution in [0.4, 0.5) is 0 Å². The van der Waals surface area contributed by atoms with Crippen LogP contribution in [0.3, 0.4) is 0 Å². The van der Waals surface area contributed by atoms with Crippen molar-refractivity contribution in [2.24, 2.45) is 0 Å². The number of ether oxygens (including phenoxy) is 2. The number of nitrogens with zero attached hydrogens (tertiary/aromatic N) is 2. The molecule has 2 rings (SSSR count). The van der Waals surface area contributed by atoms with Crippen LogP contribution in [-0.2, 0) is 6.61 Å². The van der Waals surface area contributed by atoms with E-state index in [1.807, 2.05) is 12.1 Å². The van der Waals surface area contributed by atoms with Gasteiger partial charge in [-0.1, -0.05) is 12.1 Å². The molecule has 0 aliphatic heterocycles. The third-order valence-corrected chi connectivity index (χ3v) is 2.13. The summed E-state index contributed by atoms with van der Waals surface area (Å²) in [5.74, 6) is 1.55. The first-order valence-electron chi connectivity index (χ1n) is 5.06. The summed E-state index contributed by atoms with van der Waals surface area (Å²) < 4.78 is 10.7. The summed E-state index contributed by atoms with van der Waals surface area (Å²) >= 11 is 0. The number of para-hydroxylation sites is 2. The maximum Gasteiger partial charge on any atom is 0.238 e. The minimum atomic E-state index is -0.137. The Morgan fingerprint density at radius 3 is 2.47 bits per heavy atom. The summed E-state index contributed by atoms with van der Waals surface area (Å²) in [5, 5.41) is 8.84. The van der Waals surface area contributed by atoms with Gasteiger partial charge in [0.05, 0.1) is 31.8 Å². The summed E-state index contributed by atoms with van der Waals surface area (Å²) in [7, 11) is 1.57. The van der Waals surface area contributed by atoms with Gasteiger partial charge in [0.2, 0.25) is 5.88 Å². The Kier molecular flexibility index (Phi) is 3.52. The summed E-state index contributed by atoms with van der Waals surface area (Å²) in [6.07, 6.45) is 2.92. The molecule has 0 atom stereocenters. The molecule has 0 spiro atoms. The molecular formula is C12H12N2O3. The minimum absolute atomic E-state index is 0.137. The van der Waals surface area contributed by atoms with E-state index < -0.39 is 0 Å². The molecule has 1 aromatic carbocycles. The lowest BCUT2D eigenvalue weighted by atomic mass is 10.3. The molecule has 1 heterocycles. The largest absolute Gasteiger partial charge is 0.493 e. The molecule has 0 saturated heterocycles. The molecule has 5 nitrogen and oxygen atoms in total. The first-order chi connectivity index (χ1) is 8.33. The molecule has 0 aliphatic carbocycles. The van der Waals surface area contributed by atoms with Gasteiger partial charge in [0, 0.05) is 0 Å². The van der Waals surface area contributed by atoms with Crippen LogP contribution in [0.25, 0.3) is 0 Å². The zero-order valence-electron chi connectivity index (χ0n) is 9.33. The molecule has 0 saturated carbocycles. The molecular weight excluding hydrogens is 220 g/mol. The number of hydrogen-bond donors (Lipinski definition) is 1. The smallest absolute Gasteiger partial charge is 0.238 e. The van der Waals surface area contributed by atoms with Crippen LogP contribution in [0.15, 0.2) is 36.7 Å². The molecule has 0 aliphatic rings. The second-order valence-corrected chi connectivity index (χ2v) is 3.26. The van der Waals surface area contributed by atoms with Gasteiger partial charge in [-0.05, 0) is 12.1 Å². The second kappa shape index (κ2) is 5.27. The number of aromatic nitrogens is 2. The lowest BCUT2D eigenvalue weighted by molar-refractivity contribution is 0.275. The topological polar surface area (TPSA) is 64.5 Å². The van der Waals surface area contributed by atoms with Crippen molar-refractivity contribution in [2.75, 3.05) is 7.11 Å². The fourth-order valence-corrected chi connectivity index (χ4v) is 1.29. The molecule has 0 radical (unpaired) electrons. The van der Waals surface area contributed by atoms with Crippen LogP contribution in [0.1, 0.15) is 5.69 Å². The second-order valence-electron chi connectivity index (χ2n) is 3.26. The van der Waals surface area contributed by atoms with E-state index in [2.05, 4.69) is 9.97 Å². The molecule has 1 aromatic heterocycles. The predicted octanol–water partition coefficient (Wildman–Crippen LogP) is 1.77. The molecule has 1 N–H and O–H groups in total. The fraction of sp³-hybridized carbons (Fsp3) is 0.167. The SMILES string of the molecule is COc1ccccc1Oc1cnc(CO)cn1. The summed E-state index contributed by atoms with van der Waals surface area (Å²) in [6.45, 7) is -0.137. The molecule has 0 amide bonds. The highest BCUT2D eigenvalue weighted by molar-refractivity contribution is 5.41. The van der Waals surface area contributed by atoms with Crippen LogP contribution in [0.5, 0.6) is 17.4 Å². The zero-order valence-corrected chi connectivity index (χ0v) is 9.33. The van der Waals surface area contributed by atoms with Gasteiger partial charge in [-0.3, -0.25) is 4.98 Å². The maximum absolute atomic E-state index is 8.84. The van der Waals surface area contributed by atoms with Crippen LogP contribution in [0, 0.1) is 0 Å². The molecule has 2 aromatic rings. The van der Waals surface area contributed by atoms with Gasteiger partial charge in [0.25, 0.3) is 0 Å². The Morgan fingerprint density at radius 2 is 1.88 bits per heavy atom. The quantitative estimate of drug-likeness (QED) is 0.870. The van der Waals surface area contributed by atoms with E-state index >= 15 is 0 Å². The van der Waals surface area contributed by atoms with Crippen molar-refractivity contribution in [1.82, 2.24) is 9.97 Å². The Hall–Kier alpha value is -2.14. The average Bonchev–Trinajstić information content (AvgIpc) is 2.40. The molecule has 0 bridgehead atoms. The third kappa shape index (κ3) is 2.70. The average molecular weight is 232 g/mol. The van der Waals surface area contributed by atoms with Crippen LogP contribution in [-0.4, -0.2) is 22.2 Å². The molecule has 88 valence electrons. The van der Waals surface area contributed by atoms with Gasteiger partial charge in [0.1, 0.15) is 0 Å². The minimum Gasteiger partial charge on any atom is -0.493 e. The van der Waals surface area contributed by atoms with E-state index in [1.165, 1.54) is 12.4 Å². The van der Waals surface area contributed by atoms with Crippen molar-refractivity contribution in [1.29, 1.82) is 0 Å². The highest BCUT2D eigenvalue weighted by atomic mass is 16.5. The lowest BCUT2D eigenvalue weighted by Gasteiger charge is -2.08. The van der Waals surface area contributed by atoms with E-state index in [-0.39, 0.29) is 6.61 Å². The normalized spacial score (nSPS) is 10.0. The van der Waals surface area contributed by atoms with Crippen molar-refractivity contribution in [3.8, 4) is 17.4 Å². The monoisotopic (exact) mass is 232 g/mol. The van der Waals surface area contributed by atoms with E-state index in [0.717, 1.165) is 0 Å². The van der Waals surface area contributed by atoms with Crippen LogP contribution in [0.2, 0.25) is 0 Å². The number of aliphatic hydroxyl groups excluding tert-OH is 1. The standard InChI is InChI=1S/C12H12N2O3/c1-16-10-4-2-3-5-11(10)17-12-7-13-9(8-15)6-14-12/h2-7,15H,8H2,1H3. The third-order valence-electron chi connectivity index (χ3n) is 2.13. The number of benzene rings is 1. The van der Waals surface area contributed by atoms with E-state index in [1.54, 1.807) is 19.2 Å². The van der Waals surface area contributed by atoms with Crippen molar-refractivity contribution >= 4 is 0 Å². The van der Waals surface area contributed by atoms with Gasteiger partial charge < -0.3 is 14.6 Å². The van der Waals surface area contributed by atoms with Crippen molar-refractivity contribution in [3.63, 3.8) is 0 Å². The van der Waals surface area contributed by atoms with Gasteiger partial charge in [-0.2, -0.15) is 0 Å². The van der Waals surface area contributed by atoms with E-state index in [0.29, 0.717) is 23.1 Å². The van der Waals surface area contributed by atoms with Crippen molar-refractivity contribution < 1.29 is 14.6 Å². The molecule has 0 fully saturated rings. The summed E-state index contributed by atoms with van der Waals surface area (Å²) in [4.78, 5) is 7.99. The number of hydrogen-bond acceptors (Lipinski definition) is 5. The Balaban J connectivity index is 2.19. The first-order valence-corrected chi connectivity index (χ1v) is 5.06. The highest BCUT2D eigenvalue weighted by Crippen LogP contribution is 2.29. The summed E-state index contributed by atoms with van der Waals surface area (Å²) in [5.41, 5.74) is 0.498. The van der Waals surface area contributed by atoms with Crippen LogP contribution >= 0.6 is 0 Å². The maximum atomic E-state index is 8.84. The molecule has 0 unspecified atom stereocenters. The zero-order chi connectivity index (χ0) is 12.1. The van der Waals surface area contributed by atoms with E-state index in [4.69, 9.17) is 14.6 Å². The van der Waals surface area contributed by atoms with E-state index in [9.17, 15) is 0 Å². The molecule has 17 heavy (non-hydrogen) atoms. The molecule has 5 heteroatoms. The van der Waals surface area contributed by atoms with Gasteiger partial charge in [0.15, 0.2) is 11.5 Å². The number of aliphatic hydroxyl groups is 1.